The van der Waals surface area contributed by atoms with Crippen molar-refractivity contribution in [2.75, 3.05) is 51.2 Å². The first-order valence-corrected chi connectivity index (χ1v) is 15.9. The number of hydrogen-bond donors (Lipinski definition) is 2. The number of alkyl carbamates (subject to hydrolysis) is 1. The molecule has 1 aliphatic rings. The minimum absolute atomic E-state index is 0.0254. The zero-order valence-electron chi connectivity index (χ0n) is 25.2. The molecule has 0 spiro atoms. The maximum Gasteiger partial charge on any atom is 0.407 e. The van der Waals surface area contributed by atoms with Crippen molar-refractivity contribution in [1.29, 1.82) is 0 Å². The molecule has 5 rings (SSSR count). The third kappa shape index (κ3) is 8.34. The summed E-state index contributed by atoms with van der Waals surface area (Å²) in [5.41, 5.74) is 4.26. The fraction of sp³-hybridized carbons (Fsp3) is 0.438. The zero-order valence-corrected chi connectivity index (χ0v) is 26.0. The summed E-state index contributed by atoms with van der Waals surface area (Å²) < 4.78 is 11.3. The molecular weight excluding hydrogens is 580 g/mol. The predicted molar refractivity (Wildman–Crippen MR) is 170 cm³/mol. The van der Waals surface area contributed by atoms with E-state index in [-0.39, 0.29) is 19.1 Å². The van der Waals surface area contributed by atoms with Crippen molar-refractivity contribution < 1.29 is 23.8 Å². The molecule has 4 aromatic rings. The number of aliphatic hydroxyl groups excluding tert-OH is 1. The second-order valence-corrected chi connectivity index (χ2v) is 12.0. The lowest BCUT2D eigenvalue weighted by Crippen LogP contribution is -2.51. The molecule has 2 aromatic carbocycles. The van der Waals surface area contributed by atoms with Crippen LogP contribution >= 0.6 is 11.3 Å². The smallest absolute Gasteiger partial charge is 0.407 e. The maximum atomic E-state index is 14.0. The number of amides is 2. The van der Waals surface area contributed by atoms with Crippen LogP contribution in [0.3, 0.4) is 0 Å². The number of likely N-dealkylation sites (tertiary alicyclic amines) is 1. The topological polar surface area (TPSA) is 124 Å². The van der Waals surface area contributed by atoms with E-state index in [9.17, 15) is 14.7 Å². The summed E-state index contributed by atoms with van der Waals surface area (Å²) in [5, 5.41) is 14.4. The molecule has 0 aliphatic carbocycles. The Morgan fingerprint density at radius 1 is 1.18 bits per heavy atom. The van der Waals surface area contributed by atoms with Crippen molar-refractivity contribution in [1.82, 2.24) is 25.1 Å². The molecule has 234 valence electrons. The van der Waals surface area contributed by atoms with Gasteiger partial charge in [-0.15, -0.1) is 11.3 Å². The van der Waals surface area contributed by atoms with Gasteiger partial charge in [0.25, 0.3) is 11.9 Å². The first-order valence-electron chi connectivity index (χ1n) is 15.1. The first kappa shape index (κ1) is 31.4. The normalized spacial score (nSPS) is 14.8. The molecule has 1 aliphatic heterocycles. The van der Waals surface area contributed by atoms with Crippen LogP contribution in [0, 0.1) is 0 Å². The zero-order chi connectivity index (χ0) is 30.9. The summed E-state index contributed by atoms with van der Waals surface area (Å²) in [4.78, 5) is 42.0. The van der Waals surface area contributed by atoms with Crippen LogP contribution in [0.5, 0.6) is 0 Å². The highest BCUT2D eigenvalue weighted by Gasteiger charge is 2.28. The molecule has 2 N–H and O–H groups in total. The Bertz CT molecular complexity index is 1490. The minimum Gasteiger partial charge on any atom is -0.444 e. The summed E-state index contributed by atoms with van der Waals surface area (Å²) >= 11 is 1.40. The Morgan fingerprint density at radius 3 is 2.70 bits per heavy atom. The molecule has 0 unspecified atom stereocenters. The molecule has 0 saturated carbocycles. The number of nitrogens with one attached hydrogen (secondary N) is 1. The lowest BCUT2D eigenvalue weighted by Gasteiger charge is -2.31. The van der Waals surface area contributed by atoms with Crippen LogP contribution in [0.1, 0.15) is 40.6 Å². The van der Waals surface area contributed by atoms with Gasteiger partial charge in [-0.1, -0.05) is 30.3 Å². The molecule has 1 saturated heterocycles. The number of fused-ring (bicyclic) bond motifs is 1. The van der Waals surface area contributed by atoms with Crippen molar-refractivity contribution >= 4 is 40.5 Å². The number of carbonyl (C=O) groups is 2. The van der Waals surface area contributed by atoms with E-state index in [2.05, 4.69) is 20.2 Å². The summed E-state index contributed by atoms with van der Waals surface area (Å²) in [6, 6.07) is 14.7. The van der Waals surface area contributed by atoms with E-state index in [1.807, 2.05) is 49.2 Å². The minimum atomic E-state index is -1.06. The summed E-state index contributed by atoms with van der Waals surface area (Å²) in [6.45, 7) is 5.97. The van der Waals surface area contributed by atoms with Crippen LogP contribution in [-0.2, 0) is 17.8 Å². The predicted octanol–water partition coefficient (Wildman–Crippen LogP) is 4.18. The quantitative estimate of drug-likeness (QED) is 0.214. The van der Waals surface area contributed by atoms with Crippen molar-refractivity contribution in [3.8, 4) is 0 Å². The number of anilines is 1. The van der Waals surface area contributed by atoms with E-state index < -0.39 is 18.2 Å². The lowest BCUT2D eigenvalue weighted by atomic mass is 10.0. The van der Waals surface area contributed by atoms with Gasteiger partial charge < -0.3 is 34.3 Å². The van der Waals surface area contributed by atoms with E-state index >= 15 is 0 Å². The highest BCUT2D eigenvalue weighted by atomic mass is 32.1. The van der Waals surface area contributed by atoms with E-state index in [1.54, 1.807) is 34.8 Å². The summed E-state index contributed by atoms with van der Waals surface area (Å²) in [5.74, 6) is -0.224. The highest BCUT2D eigenvalue weighted by molar-refractivity contribution is 7.09. The number of ether oxygens (including phenoxy) is 1. The molecule has 1 fully saturated rings. The molecule has 12 heteroatoms. The number of carbonyl (C=O) groups excluding carboxylic acids is 2. The Hall–Kier alpha value is -4.00. The summed E-state index contributed by atoms with van der Waals surface area (Å²) in [6.07, 6.45) is 2.59. The van der Waals surface area contributed by atoms with Gasteiger partial charge in [0.2, 0.25) is 0 Å². The van der Waals surface area contributed by atoms with E-state index in [1.165, 1.54) is 11.3 Å². The van der Waals surface area contributed by atoms with Gasteiger partial charge >= 0.3 is 6.09 Å². The second kappa shape index (κ2) is 15.1. The standard InChI is InChI=1S/C32H40N6O5S/c1-3-36(2)31-34-26-12-11-24(18-29(26)43-31)30(40)38(16-15-37-13-7-8-14-37)20-28(39)27(17-23-9-5-4-6-10-23)35-32(41)42-21-25-19-33-22-44-25/h4-6,9-12,18-19,22,27-28,39H,3,7-8,13-17,20-21H2,1-2H3,(H,35,41)/t27-,28+/m0/s1. The Morgan fingerprint density at radius 2 is 1.98 bits per heavy atom. The number of aromatic nitrogens is 2. The Balaban J connectivity index is 1.34. The van der Waals surface area contributed by atoms with E-state index in [0.717, 1.165) is 42.9 Å². The fourth-order valence-corrected chi connectivity index (χ4v) is 5.72. The van der Waals surface area contributed by atoms with E-state index in [4.69, 9.17) is 9.15 Å². The number of hydrogen-bond acceptors (Lipinski definition) is 10. The third-order valence-corrected chi connectivity index (χ3v) is 8.65. The number of oxazole rings is 1. The molecular formula is C32H40N6O5S. The van der Waals surface area contributed by atoms with Gasteiger partial charge in [-0.25, -0.2) is 4.79 Å². The van der Waals surface area contributed by atoms with Gasteiger partial charge in [-0.2, -0.15) is 4.98 Å². The van der Waals surface area contributed by atoms with Crippen molar-refractivity contribution in [2.24, 2.45) is 0 Å². The highest BCUT2D eigenvalue weighted by Crippen LogP contribution is 2.23. The largest absolute Gasteiger partial charge is 0.444 e. The van der Waals surface area contributed by atoms with Crippen LogP contribution in [0.25, 0.3) is 11.1 Å². The van der Waals surface area contributed by atoms with Gasteiger partial charge in [-0.3, -0.25) is 9.78 Å². The molecule has 0 radical (unpaired) electrons. The number of aliphatic hydroxyl groups is 1. The third-order valence-electron chi connectivity index (χ3n) is 7.90. The first-order chi connectivity index (χ1) is 21.4. The average molecular weight is 621 g/mol. The summed E-state index contributed by atoms with van der Waals surface area (Å²) in [7, 11) is 1.90. The van der Waals surface area contributed by atoms with Gasteiger partial charge in [0.1, 0.15) is 12.1 Å². The Labute approximate surface area is 261 Å². The van der Waals surface area contributed by atoms with Gasteiger partial charge in [0, 0.05) is 45.0 Å². The maximum absolute atomic E-state index is 14.0. The average Bonchev–Trinajstić information content (AvgIpc) is 3.83. The van der Waals surface area contributed by atoms with Gasteiger partial charge in [0.05, 0.1) is 22.5 Å². The van der Waals surface area contributed by atoms with Gasteiger partial charge in [-0.05, 0) is 63.0 Å². The van der Waals surface area contributed by atoms with Crippen LogP contribution in [0.4, 0.5) is 10.8 Å². The number of nitrogens with zero attached hydrogens (tertiary/aromatic N) is 5. The number of rotatable bonds is 14. The van der Waals surface area contributed by atoms with Crippen LogP contribution in [0.2, 0.25) is 0 Å². The van der Waals surface area contributed by atoms with Gasteiger partial charge in [0.15, 0.2) is 5.58 Å². The molecule has 2 amide bonds. The second-order valence-electron chi connectivity index (χ2n) is 11.0. The lowest BCUT2D eigenvalue weighted by molar-refractivity contribution is 0.0501. The van der Waals surface area contributed by atoms with E-state index in [0.29, 0.717) is 42.2 Å². The molecule has 0 bridgehead atoms. The molecule has 2 atom stereocenters. The Kier molecular flexibility index (Phi) is 10.8. The molecule has 3 heterocycles. The van der Waals surface area contributed by atoms with Crippen LogP contribution < -0.4 is 10.2 Å². The van der Waals surface area contributed by atoms with Crippen molar-refractivity contribution in [3.05, 3.63) is 76.2 Å². The molecule has 2 aromatic heterocycles. The number of benzene rings is 2. The molecule has 11 nitrogen and oxygen atoms in total. The van der Waals surface area contributed by atoms with Crippen LogP contribution in [0.15, 0.2) is 64.7 Å². The number of thiazole rings is 1. The van der Waals surface area contributed by atoms with Crippen molar-refractivity contribution in [3.63, 3.8) is 0 Å². The fourth-order valence-electron chi connectivity index (χ4n) is 5.22. The van der Waals surface area contributed by atoms with Crippen LogP contribution in [-0.4, -0.2) is 95.3 Å². The molecule has 44 heavy (non-hydrogen) atoms. The SMILES string of the molecule is CCN(C)c1nc2ccc(C(=O)N(CCN3CCCC3)C[C@@H](O)[C@H](Cc3ccccc3)NC(=O)OCc3cncs3)cc2o1. The van der Waals surface area contributed by atoms with Crippen molar-refractivity contribution in [2.45, 2.75) is 44.9 Å². The monoisotopic (exact) mass is 620 g/mol.